The second kappa shape index (κ2) is 7.14. The molecule has 2 heterocycles. The lowest BCUT2D eigenvalue weighted by molar-refractivity contribution is 0.0707. The van der Waals surface area contributed by atoms with Crippen LogP contribution in [0.5, 0.6) is 0 Å². The summed E-state index contributed by atoms with van der Waals surface area (Å²) in [4.78, 5) is 24.0. The number of amides is 1. The molecular formula is C23H20N4O2. The lowest BCUT2D eigenvalue weighted by atomic mass is 10.0. The molecule has 5 rings (SSSR count). The van der Waals surface area contributed by atoms with Crippen molar-refractivity contribution >= 4 is 29.3 Å². The number of nitrogens with zero attached hydrogens (tertiary/aromatic N) is 3. The summed E-state index contributed by atoms with van der Waals surface area (Å²) in [6, 6.07) is 19.1. The molecule has 1 fully saturated rings. The quantitative estimate of drug-likeness (QED) is 0.514. The molecule has 2 aliphatic rings. The molecule has 0 unspecified atom stereocenters. The first kappa shape index (κ1) is 17.6. The van der Waals surface area contributed by atoms with Gasteiger partial charge in [0.2, 0.25) is 0 Å². The van der Waals surface area contributed by atoms with Gasteiger partial charge in [-0.1, -0.05) is 30.3 Å². The third-order valence-electron chi connectivity index (χ3n) is 5.36. The van der Waals surface area contributed by atoms with Crippen LogP contribution in [0.2, 0.25) is 0 Å². The predicted molar refractivity (Wildman–Crippen MR) is 112 cm³/mol. The van der Waals surface area contributed by atoms with Crippen LogP contribution in [0.4, 0.5) is 17.2 Å². The van der Waals surface area contributed by atoms with E-state index in [1.165, 1.54) is 12.8 Å². The molecule has 0 bridgehead atoms. The smallest absolute Gasteiger partial charge is 0.275 e. The molecule has 2 aromatic carbocycles. The number of hydrogen-bond acceptors (Lipinski definition) is 5. The molecule has 1 aromatic heterocycles. The van der Waals surface area contributed by atoms with Gasteiger partial charge in [-0.25, -0.2) is 10.5 Å². The Labute approximate surface area is 168 Å². The normalized spacial score (nSPS) is 14.7. The van der Waals surface area contributed by atoms with Crippen molar-refractivity contribution in [2.75, 3.05) is 11.4 Å². The van der Waals surface area contributed by atoms with Gasteiger partial charge in [-0.2, -0.15) is 0 Å². The van der Waals surface area contributed by atoms with Crippen molar-refractivity contribution in [1.82, 2.24) is 10.5 Å². The van der Waals surface area contributed by atoms with Crippen LogP contribution in [-0.2, 0) is 0 Å². The average molecular weight is 384 g/mol. The number of aromatic nitrogens is 1. The molecule has 29 heavy (non-hydrogen) atoms. The van der Waals surface area contributed by atoms with Gasteiger partial charge in [0.1, 0.15) is 5.82 Å². The fourth-order valence-electron chi connectivity index (χ4n) is 3.69. The first-order valence-electron chi connectivity index (χ1n) is 9.70. The van der Waals surface area contributed by atoms with Gasteiger partial charge in [-0.3, -0.25) is 15.0 Å². The maximum atomic E-state index is 12.1. The van der Waals surface area contributed by atoms with E-state index in [1.54, 1.807) is 17.6 Å². The number of anilines is 2. The molecular weight excluding hydrogens is 364 g/mol. The van der Waals surface area contributed by atoms with E-state index < -0.39 is 5.91 Å². The Morgan fingerprint density at radius 3 is 2.69 bits per heavy atom. The van der Waals surface area contributed by atoms with E-state index in [-0.39, 0.29) is 0 Å². The summed E-state index contributed by atoms with van der Waals surface area (Å²) in [5, 5.41) is 9.10. The van der Waals surface area contributed by atoms with E-state index in [9.17, 15) is 4.79 Å². The number of aliphatic imine (C=N–C) groups is 1. The van der Waals surface area contributed by atoms with Crippen molar-refractivity contribution in [1.29, 1.82) is 0 Å². The summed E-state index contributed by atoms with van der Waals surface area (Å²) >= 11 is 0. The highest BCUT2D eigenvalue weighted by Crippen LogP contribution is 2.41. The molecule has 1 saturated carbocycles. The summed E-state index contributed by atoms with van der Waals surface area (Å²) in [5.41, 5.74) is 6.35. The van der Waals surface area contributed by atoms with Crippen molar-refractivity contribution in [2.24, 2.45) is 10.9 Å². The Morgan fingerprint density at radius 2 is 1.86 bits per heavy atom. The van der Waals surface area contributed by atoms with E-state index in [4.69, 9.17) is 10.2 Å². The molecule has 0 atom stereocenters. The molecule has 2 N–H and O–H groups in total. The topological polar surface area (TPSA) is 77.8 Å². The largest absolute Gasteiger partial charge is 0.324 e. The minimum atomic E-state index is -0.556. The van der Waals surface area contributed by atoms with Gasteiger partial charge >= 0.3 is 0 Å². The average Bonchev–Trinajstić information content (AvgIpc) is 3.61. The number of carbonyl (C=O) groups is 1. The van der Waals surface area contributed by atoms with E-state index in [0.29, 0.717) is 22.7 Å². The van der Waals surface area contributed by atoms with Crippen LogP contribution >= 0.6 is 0 Å². The van der Waals surface area contributed by atoms with Crippen LogP contribution < -0.4 is 10.4 Å². The molecule has 0 radical (unpaired) electrons. The summed E-state index contributed by atoms with van der Waals surface area (Å²) in [7, 11) is 0. The molecule has 1 aliphatic heterocycles. The third-order valence-corrected chi connectivity index (χ3v) is 5.36. The molecule has 6 heteroatoms. The first-order valence-corrected chi connectivity index (χ1v) is 9.70. The van der Waals surface area contributed by atoms with Gasteiger partial charge in [-0.15, -0.1) is 0 Å². The van der Waals surface area contributed by atoms with Gasteiger partial charge in [0.05, 0.1) is 22.6 Å². The van der Waals surface area contributed by atoms with Crippen LogP contribution in [0, 0.1) is 5.92 Å². The van der Waals surface area contributed by atoms with Gasteiger partial charge in [0, 0.05) is 23.9 Å². The highest BCUT2D eigenvalue weighted by molar-refractivity contribution is 6.00. The Morgan fingerprint density at radius 1 is 1.07 bits per heavy atom. The molecule has 1 aliphatic carbocycles. The summed E-state index contributed by atoms with van der Waals surface area (Å²) < 4.78 is 0. The standard InChI is InChI=1S/C23H20N4O2/c28-23(26-29)18-6-2-1-5-17(18)19-12-11-16-13-24-20-7-3-4-8-21(20)27(22(16)25-19)14-15-9-10-15/h1-8,11-13,15,29H,9-10,14H2,(H,26,28). The highest BCUT2D eigenvalue weighted by Gasteiger charge is 2.29. The molecule has 6 nitrogen and oxygen atoms in total. The molecule has 0 saturated heterocycles. The minimum Gasteiger partial charge on any atom is -0.324 e. The van der Waals surface area contributed by atoms with Crippen LogP contribution in [0.1, 0.15) is 28.8 Å². The molecule has 1 amide bonds. The molecule has 3 aromatic rings. The zero-order valence-electron chi connectivity index (χ0n) is 15.7. The van der Waals surface area contributed by atoms with Crippen LogP contribution in [0.25, 0.3) is 11.3 Å². The second-order valence-electron chi connectivity index (χ2n) is 7.40. The number of benzene rings is 2. The van der Waals surface area contributed by atoms with Crippen molar-refractivity contribution in [2.45, 2.75) is 12.8 Å². The van der Waals surface area contributed by atoms with E-state index in [1.807, 2.05) is 48.7 Å². The Balaban J connectivity index is 1.66. The lowest BCUT2D eigenvalue weighted by Crippen LogP contribution is -2.22. The maximum Gasteiger partial charge on any atom is 0.275 e. The number of nitrogens with one attached hydrogen (secondary N) is 1. The van der Waals surface area contributed by atoms with Gasteiger partial charge in [0.25, 0.3) is 5.91 Å². The van der Waals surface area contributed by atoms with Crippen molar-refractivity contribution in [3.8, 4) is 11.3 Å². The zero-order chi connectivity index (χ0) is 19.8. The van der Waals surface area contributed by atoms with Crippen molar-refractivity contribution in [3.05, 3.63) is 71.8 Å². The van der Waals surface area contributed by atoms with E-state index in [0.717, 1.165) is 29.3 Å². The number of carbonyl (C=O) groups excluding carboxylic acids is 1. The lowest BCUT2D eigenvalue weighted by Gasteiger charge is -2.25. The number of pyridine rings is 1. The predicted octanol–water partition coefficient (Wildman–Crippen LogP) is 4.48. The maximum absolute atomic E-state index is 12.1. The van der Waals surface area contributed by atoms with Crippen LogP contribution in [-0.4, -0.2) is 28.9 Å². The number of fused-ring (bicyclic) bond motifs is 2. The third kappa shape index (κ3) is 3.28. The fourth-order valence-corrected chi connectivity index (χ4v) is 3.69. The minimum absolute atomic E-state index is 0.374. The molecule has 144 valence electrons. The summed E-state index contributed by atoms with van der Waals surface area (Å²) in [6.07, 6.45) is 4.31. The van der Waals surface area contributed by atoms with Crippen LogP contribution in [0.3, 0.4) is 0 Å². The van der Waals surface area contributed by atoms with Crippen molar-refractivity contribution in [3.63, 3.8) is 0 Å². The second-order valence-corrected chi connectivity index (χ2v) is 7.40. The Hall–Kier alpha value is -3.51. The first-order chi connectivity index (χ1) is 14.2. The highest BCUT2D eigenvalue weighted by atomic mass is 16.5. The van der Waals surface area contributed by atoms with E-state index in [2.05, 4.69) is 16.0 Å². The summed E-state index contributed by atoms with van der Waals surface area (Å²) in [6.45, 7) is 0.891. The fraction of sp³-hybridized carbons (Fsp3) is 0.174. The number of hydrogen-bond donors (Lipinski definition) is 2. The zero-order valence-corrected chi connectivity index (χ0v) is 15.7. The Kier molecular flexibility index (Phi) is 4.33. The van der Waals surface area contributed by atoms with Crippen LogP contribution in [0.15, 0.2) is 65.7 Å². The van der Waals surface area contributed by atoms with Gasteiger partial charge in [-0.05, 0) is 49.1 Å². The SMILES string of the molecule is O=C(NO)c1ccccc1-c1ccc2c(n1)N(CC1CC1)c1ccccc1N=C2. The van der Waals surface area contributed by atoms with Gasteiger partial charge in [0.15, 0.2) is 0 Å². The molecule has 0 spiro atoms. The number of para-hydroxylation sites is 2. The van der Waals surface area contributed by atoms with Gasteiger partial charge < -0.3 is 4.90 Å². The monoisotopic (exact) mass is 384 g/mol. The summed E-state index contributed by atoms with van der Waals surface area (Å²) in [5.74, 6) is 0.938. The number of rotatable bonds is 4. The Bertz CT molecular complexity index is 1120. The van der Waals surface area contributed by atoms with Crippen molar-refractivity contribution < 1.29 is 10.0 Å². The number of hydroxylamine groups is 1. The van der Waals surface area contributed by atoms with E-state index >= 15 is 0 Å².